The maximum Gasteiger partial charge on any atom is 0.294 e. The molecule has 1 atom stereocenters. The number of thioether (sulfide) groups is 1. The number of hydrogen-bond acceptors (Lipinski definition) is 5. The number of nitrogens with one attached hydrogen (secondary N) is 1. The molecule has 178 valence electrons. The minimum absolute atomic E-state index is 0.0878. The van der Waals surface area contributed by atoms with Gasteiger partial charge in [-0.15, -0.1) is 0 Å². The zero-order valence-corrected chi connectivity index (χ0v) is 21.2. The predicted octanol–water partition coefficient (Wildman–Crippen LogP) is 5.78. The van der Waals surface area contributed by atoms with Crippen molar-refractivity contribution in [3.63, 3.8) is 0 Å². The second-order valence-electron chi connectivity index (χ2n) is 9.66. The van der Waals surface area contributed by atoms with Crippen LogP contribution < -0.4 is 10.2 Å². The van der Waals surface area contributed by atoms with E-state index in [4.69, 9.17) is 0 Å². The Bertz CT molecular complexity index is 1170. The Morgan fingerprint density at radius 3 is 2.56 bits per heavy atom. The van der Waals surface area contributed by atoms with Gasteiger partial charge in [-0.1, -0.05) is 30.7 Å². The third-order valence-electron chi connectivity index (χ3n) is 6.53. The van der Waals surface area contributed by atoms with Crippen LogP contribution in [0.2, 0.25) is 0 Å². The highest BCUT2D eigenvalue weighted by Crippen LogP contribution is 2.44. The van der Waals surface area contributed by atoms with E-state index in [1.54, 1.807) is 18.2 Å². The smallest absolute Gasteiger partial charge is 0.294 e. The van der Waals surface area contributed by atoms with E-state index in [0.717, 1.165) is 40.8 Å². The highest BCUT2D eigenvalue weighted by Gasteiger charge is 2.37. The van der Waals surface area contributed by atoms with E-state index in [2.05, 4.69) is 50.0 Å². The molecule has 34 heavy (non-hydrogen) atoms. The molecule has 0 bridgehead atoms. The Labute approximate surface area is 205 Å². The number of anilines is 2. The molecule has 0 saturated carbocycles. The molecule has 0 aliphatic carbocycles. The Kier molecular flexibility index (Phi) is 6.58. The molecule has 2 heterocycles. The van der Waals surface area contributed by atoms with Gasteiger partial charge in [-0.3, -0.25) is 19.3 Å². The molecule has 0 spiro atoms. The molecule has 1 N–H and O–H groups in total. The first-order valence-electron chi connectivity index (χ1n) is 11.6. The van der Waals surface area contributed by atoms with E-state index in [9.17, 15) is 14.4 Å². The topological polar surface area (TPSA) is 69.7 Å². The van der Waals surface area contributed by atoms with Crippen LogP contribution in [0.5, 0.6) is 0 Å². The molecule has 1 unspecified atom stereocenters. The maximum absolute atomic E-state index is 12.9. The number of imide groups is 1. The molecule has 1 saturated heterocycles. The van der Waals surface area contributed by atoms with Gasteiger partial charge in [0.05, 0.1) is 4.91 Å². The van der Waals surface area contributed by atoms with E-state index in [0.29, 0.717) is 16.5 Å². The summed E-state index contributed by atoms with van der Waals surface area (Å²) in [6.07, 6.45) is 2.80. The molecule has 1 fully saturated rings. The van der Waals surface area contributed by atoms with Crippen LogP contribution >= 0.6 is 11.8 Å². The van der Waals surface area contributed by atoms with Crippen molar-refractivity contribution >= 4 is 46.3 Å². The summed E-state index contributed by atoms with van der Waals surface area (Å²) >= 11 is 0.878. The number of aryl methyl sites for hydroxylation is 1. The molecular weight excluding hydrogens is 446 g/mol. The quantitative estimate of drug-likeness (QED) is 0.553. The van der Waals surface area contributed by atoms with Crippen LogP contribution in [0.4, 0.5) is 16.2 Å². The molecule has 3 amide bonds. The molecule has 0 radical (unpaired) electrons. The number of carbonyl (C=O) groups excluding carboxylic acids is 3. The molecule has 2 aromatic rings. The molecule has 7 heteroatoms. The van der Waals surface area contributed by atoms with Gasteiger partial charge in [0, 0.05) is 23.5 Å². The van der Waals surface area contributed by atoms with Gasteiger partial charge in [0.2, 0.25) is 5.91 Å². The first-order chi connectivity index (χ1) is 16.1. The standard InChI is InChI=1S/C27H31N3O3S/c1-6-30-22-12-9-19(13-21(22)18(3)15-27(30,4)5)14-23-25(32)29(26(33)34-23)16-24(31)28-20-10-7-17(2)8-11-20/h7-14,18H,6,15-16H2,1-5H3,(H,28,31)/b23-14+. The van der Waals surface area contributed by atoms with Crippen LogP contribution in [-0.2, 0) is 9.59 Å². The summed E-state index contributed by atoms with van der Waals surface area (Å²) < 4.78 is 0. The number of carbonyl (C=O) groups is 3. The van der Waals surface area contributed by atoms with E-state index >= 15 is 0 Å². The summed E-state index contributed by atoms with van der Waals surface area (Å²) in [6, 6.07) is 13.6. The largest absolute Gasteiger partial charge is 0.366 e. The molecule has 2 aliphatic rings. The van der Waals surface area contributed by atoms with Crippen molar-refractivity contribution in [1.82, 2.24) is 4.90 Å². The fourth-order valence-corrected chi connectivity index (χ4v) is 5.80. The molecule has 4 rings (SSSR count). The number of benzene rings is 2. The van der Waals surface area contributed by atoms with Gasteiger partial charge >= 0.3 is 0 Å². The zero-order chi connectivity index (χ0) is 24.6. The highest BCUT2D eigenvalue weighted by atomic mass is 32.2. The van der Waals surface area contributed by atoms with Crippen LogP contribution in [0.3, 0.4) is 0 Å². The average Bonchev–Trinajstić information content (AvgIpc) is 3.02. The van der Waals surface area contributed by atoms with Crippen LogP contribution in [0.15, 0.2) is 47.4 Å². The summed E-state index contributed by atoms with van der Waals surface area (Å²) in [5.41, 5.74) is 5.17. The third-order valence-corrected chi connectivity index (χ3v) is 7.44. The van der Waals surface area contributed by atoms with E-state index in [-0.39, 0.29) is 12.1 Å². The van der Waals surface area contributed by atoms with Crippen molar-refractivity contribution in [1.29, 1.82) is 0 Å². The Balaban J connectivity index is 1.50. The molecule has 6 nitrogen and oxygen atoms in total. The first-order valence-corrected chi connectivity index (χ1v) is 12.4. The summed E-state index contributed by atoms with van der Waals surface area (Å²) in [7, 11) is 0. The van der Waals surface area contributed by atoms with Crippen molar-refractivity contribution in [3.05, 3.63) is 64.1 Å². The second kappa shape index (κ2) is 9.29. The lowest BCUT2D eigenvalue weighted by atomic mass is 9.79. The van der Waals surface area contributed by atoms with Crippen molar-refractivity contribution in [2.24, 2.45) is 0 Å². The highest BCUT2D eigenvalue weighted by molar-refractivity contribution is 8.18. The Morgan fingerprint density at radius 2 is 1.88 bits per heavy atom. The van der Waals surface area contributed by atoms with Crippen molar-refractivity contribution in [2.45, 2.75) is 52.5 Å². The third kappa shape index (κ3) is 4.75. The van der Waals surface area contributed by atoms with Gasteiger partial charge in [0.25, 0.3) is 11.1 Å². The molecule has 2 aromatic carbocycles. The lowest BCUT2D eigenvalue weighted by Gasteiger charge is -2.47. The van der Waals surface area contributed by atoms with Crippen LogP contribution in [0, 0.1) is 6.92 Å². The molecular formula is C27H31N3O3S. The monoisotopic (exact) mass is 477 g/mol. The minimum Gasteiger partial charge on any atom is -0.366 e. The van der Waals surface area contributed by atoms with Gasteiger partial charge in [-0.2, -0.15) is 0 Å². The minimum atomic E-state index is -0.434. The lowest BCUT2D eigenvalue weighted by Crippen LogP contribution is -2.48. The summed E-state index contributed by atoms with van der Waals surface area (Å²) in [5, 5.41) is 2.31. The van der Waals surface area contributed by atoms with E-state index in [1.165, 1.54) is 11.3 Å². The average molecular weight is 478 g/mol. The van der Waals surface area contributed by atoms with E-state index in [1.807, 2.05) is 25.1 Å². The molecule has 0 aromatic heterocycles. The second-order valence-corrected chi connectivity index (χ2v) is 10.7. The number of fused-ring (bicyclic) bond motifs is 1. The number of amides is 3. The number of nitrogens with zero attached hydrogens (tertiary/aromatic N) is 2. The Morgan fingerprint density at radius 1 is 1.18 bits per heavy atom. The fraction of sp³-hybridized carbons (Fsp3) is 0.370. The zero-order valence-electron chi connectivity index (χ0n) is 20.3. The first kappa shape index (κ1) is 24.1. The van der Waals surface area contributed by atoms with Crippen LogP contribution in [-0.4, -0.2) is 40.6 Å². The summed E-state index contributed by atoms with van der Waals surface area (Å²) in [6.45, 7) is 11.5. The summed E-state index contributed by atoms with van der Waals surface area (Å²) in [5.74, 6) is -0.449. The predicted molar refractivity (Wildman–Crippen MR) is 139 cm³/mol. The van der Waals surface area contributed by atoms with Gasteiger partial charge in [0.15, 0.2) is 0 Å². The van der Waals surface area contributed by atoms with Crippen molar-refractivity contribution in [2.75, 3.05) is 23.3 Å². The van der Waals surface area contributed by atoms with Crippen LogP contribution in [0.25, 0.3) is 6.08 Å². The normalized spacial score (nSPS) is 20.6. The van der Waals surface area contributed by atoms with Gasteiger partial charge in [0.1, 0.15) is 6.54 Å². The molecule has 2 aliphatic heterocycles. The van der Waals surface area contributed by atoms with Gasteiger partial charge in [-0.25, -0.2) is 0 Å². The Hall–Kier alpha value is -3.06. The fourth-order valence-electron chi connectivity index (χ4n) is 4.97. The van der Waals surface area contributed by atoms with E-state index < -0.39 is 17.1 Å². The van der Waals surface area contributed by atoms with Gasteiger partial charge < -0.3 is 10.2 Å². The van der Waals surface area contributed by atoms with Crippen molar-refractivity contribution in [3.8, 4) is 0 Å². The van der Waals surface area contributed by atoms with Gasteiger partial charge in [-0.05, 0) is 93.3 Å². The summed E-state index contributed by atoms with van der Waals surface area (Å²) in [4.78, 5) is 41.6. The number of hydrogen-bond donors (Lipinski definition) is 1. The lowest BCUT2D eigenvalue weighted by molar-refractivity contribution is -0.127. The van der Waals surface area contributed by atoms with Crippen molar-refractivity contribution < 1.29 is 14.4 Å². The number of rotatable bonds is 5. The maximum atomic E-state index is 12.9. The van der Waals surface area contributed by atoms with Crippen LogP contribution in [0.1, 0.15) is 56.7 Å². The SMILES string of the molecule is CCN1c2ccc(/C=C3/SC(=O)N(CC(=O)Nc4ccc(C)cc4)C3=O)cc2C(C)CC1(C)C.